The molecule has 0 atom stereocenters. The molecule has 0 aliphatic carbocycles. The molecule has 0 heterocycles. The minimum atomic E-state index is -3.74. The van der Waals surface area contributed by atoms with E-state index < -0.39 is 10.0 Å². The Labute approximate surface area is 161 Å². The van der Waals surface area contributed by atoms with Crippen LogP contribution in [0.5, 0.6) is 0 Å². The number of rotatable bonds is 7. The summed E-state index contributed by atoms with van der Waals surface area (Å²) in [6, 6.07) is 16.0. The van der Waals surface area contributed by atoms with Gasteiger partial charge < -0.3 is 5.32 Å². The number of nitrogens with one attached hydrogen (secondary N) is 1. The van der Waals surface area contributed by atoms with Gasteiger partial charge in [-0.15, -0.1) is 0 Å². The molecule has 0 unspecified atom stereocenters. The Morgan fingerprint density at radius 3 is 2.15 bits per heavy atom. The fourth-order valence-electron chi connectivity index (χ4n) is 2.64. The van der Waals surface area contributed by atoms with Gasteiger partial charge in [-0.05, 0) is 50.6 Å². The van der Waals surface area contributed by atoms with Gasteiger partial charge in [0.15, 0.2) is 0 Å². The first-order valence-corrected chi connectivity index (χ1v) is 10.3. The highest BCUT2D eigenvalue weighted by Gasteiger charge is 2.22. The van der Waals surface area contributed by atoms with Crippen molar-refractivity contribution in [2.75, 3.05) is 11.9 Å². The van der Waals surface area contributed by atoms with Crippen LogP contribution in [0.4, 0.5) is 5.69 Å². The Balaban J connectivity index is 1.95. The molecule has 0 spiro atoms. The van der Waals surface area contributed by atoms with E-state index in [1.54, 1.807) is 0 Å². The van der Waals surface area contributed by atoms with Crippen LogP contribution in [0.1, 0.15) is 32.8 Å². The molecule has 0 saturated carbocycles. The third kappa shape index (κ3) is 6.78. The largest absolute Gasteiger partial charge is 0.326 e. The molecule has 6 nitrogen and oxygen atoms in total. The number of hydrogen-bond donors (Lipinski definition) is 2. The van der Waals surface area contributed by atoms with Crippen LogP contribution in [0.2, 0.25) is 0 Å². The second-order valence-electron chi connectivity index (χ2n) is 7.45. The Hall–Kier alpha value is -2.22. The number of hydrogen-bond acceptors (Lipinski definition) is 4. The minimum absolute atomic E-state index is 0.0160. The third-order valence-corrected chi connectivity index (χ3v) is 5.17. The van der Waals surface area contributed by atoms with Crippen molar-refractivity contribution >= 4 is 21.6 Å². The van der Waals surface area contributed by atoms with Crippen LogP contribution in [0.25, 0.3) is 0 Å². The lowest BCUT2D eigenvalue weighted by Gasteiger charge is -2.35. The third-order valence-electron chi connectivity index (χ3n) is 4.24. The average Bonchev–Trinajstić information content (AvgIpc) is 2.58. The van der Waals surface area contributed by atoms with Crippen LogP contribution in [-0.4, -0.2) is 31.3 Å². The van der Waals surface area contributed by atoms with Crippen molar-refractivity contribution < 1.29 is 13.2 Å². The molecular formula is C20H27N3O3S. The minimum Gasteiger partial charge on any atom is -0.326 e. The lowest BCUT2D eigenvalue weighted by Crippen LogP contribution is -2.42. The van der Waals surface area contributed by atoms with E-state index in [0.29, 0.717) is 18.7 Å². The van der Waals surface area contributed by atoms with Gasteiger partial charge in [-0.2, -0.15) is 0 Å². The monoisotopic (exact) mass is 389 g/mol. The number of sulfonamides is 1. The number of anilines is 1. The van der Waals surface area contributed by atoms with Gasteiger partial charge in [0.2, 0.25) is 15.9 Å². The highest BCUT2D eigenvalue weighted by atomic mass is 32.2. The van der Waals surface area contributed by atoms with Gasteiger partial charge in [0.1, 0.15) is 0 Å². The molecular weight excluding hydrogens is 362 g/mol. The maximum Gasteiger partial charge on any atom is 0.238 e. The maximum atomic E-state index is 12.3. The van der Waals surface area contributed by atoms with E-state index in [0.717, 1.165) is 6.54 Å². The van der Waals surface area contributed by atoms with E-state index in [1.165, 1.54) is 29.8 Å². The highest BCUT2D eigenvalue weighted by molar-refractivity contribution is 7.89. The lowest BCUT2D eigenvalue weighted by atomic mass is 10.0. The summed E-state index contributed by atoms with van der Waals surface area (Å²) in [4.78, 5) is 14.6. The normalized spacial score (nSPS) is 12.2. The number of amides is 1. The molecule has 0 aliphatic rings. The highest BCUT2D eigenvalue weighted by Crippen LogP contribution is 2.18. The number of nitrogens with two attached hydrogens (primary N) is 1. The number of nitrogens with zero attached hydrogens (tertiary/aromatic N) is 1. The van der Waals surface area contributed by atoms with Gasteiger partial charge in [-0.25, -0.2) is 13.6 Å². The van der Waals surface area contributed by atoms with Crippen molar-refractivity contribution in [3.63, 3.8) is 0 Å². The number of benzene rings is 2. The molecule has 0 saturated heterocycles. The number of carbonyl (C=O) groups excluding carboxylic acids is 1. The van der Waals surface area contributed by atoms with Gasteiger partial charge in [0.05, 0.1) is 4.90 Å². The van der Waals surface area contributed by atoms with E-state index in [1.807, 2.05) is 18.2 Å². The predicted octanol–water partition coefficient (Wildman–Crippen LogP) is 2.96. The standard InChI is InChI=1S/C20H27N3O3S/c1-20(2,3)23(15-16-7-5-4-6-8-16)14-13-19(24)22-17-9-11-18(12-10-17)27(21,25)26/h4-12H,13-15H2,1-3H3,(H,22,24)(H2,21,25,26). The molecule has 27 heavy (non-hydrogen) atoms. The predicted molar refractivity (Wildman–Crippen MR) is 108 cm³/mol. The van der Waals surface area contributed by atoms with Crippen LogP contribution in [-0.2, 0) is 21.4 Å². The number of carbonyl (C=O) groups is 1. The van der Waals surface area contributed by atoms with E-state index >= 15 is 0 Å². The molecule has 0 radical (unpaired) electrons. The van der Waals surface area contributed by atoms with Crippen LogP contribution < -0.4 is 10.5 Å². The first kappa shape index (κ1) is 21.1. The lowest BCUT2D eigenvalue weighted by molar-refractivity contribution is -0.116. The van der Waals surface area contributed by atoms with Crippen LogP contribution in [0.3, 0.4) is 0 Å². The van der Waals surface area contributed by atoms with Gasteiger partial charge in [-0.3, -0.25) is 9.69 Å². The van der Waals surface area contributed by atoms with Crippen molar-refractivity contribution in [1.82, 2.24) is 4.90 Å². The topological polar surface area (TPSA) is 92.5 Å². The summed E-state index contributed by atoms with van der Waals surface area (Å²) in [7, 11) is -3.74. The van der Waals surface area contributed by atoms with Gasteiger partial charge >= 0.3 is 0 Å². The second kappa shape index (κ2) is 8.65. The Bertz CT molecular complexity index is 858. The molecule has 0 fully saturated rings. The van der Waals surface area contributed by atoms with Crippen molar-refractivity contribution in [2.45, 2.75) is 44.2 Å². The zero-order chi connectivity index (χ0) is 20.1. The summed E-state index contributed by atoms with van der Waals surface area (Å²) >= 11 is 0. The second-order valence-corrected chi connectivity index (χ2v) is 9.01. The molecule has 0 aromatic heterocycles. The fraction of sp³-hybridized carbons (Fsp3) is 0.350. The zero-order valence-electron chi connectivity index (χ0n) is 16.0. The van der Waals surface area contributed by atoms with E-state index in [4.69, 9.17) is 5.14 Å². The average molecular weight is 390 g/mol. The molecule has 0 aliphatic heterocycles. The Morgan fingerprint density at radius 1 is 1.04 bits per heavy atom. The molecule has 2 rings (SSSR count). The molecule has 7 heteroatoms. The number of primary sulfonamides is 1. The summed E-state index contributed by atoms with van der Waals surface area (Å²) in [5.41, 5.74) is 1.66. The van der Waals surface area contributed by atoms with Gasteiger partial charge in [0.25, 0.3) is 0 Å². The molecule has 3 N–H and O–H groups in total. The molecule has 0 bridgehead atoms. The summed E-state index contributed by atoms with van der Waals surface area (Å²) < 4.78 is 22.5. The smallest absolute Gasteiger partial charge is 0.238 e. The van der Waals surface area contributed by atoms with E-state index in [9.17, 15) is 13.2 Å². The Kier molecular flexibility index (Phi) is 6.75. The Morgan fingerprint density at radius 2 is 1.63 bits per heavy atom. The molecule has 146 valence electrons. The maximum absolute atomic E-state index is 12.3. The SMILES string of the molecule is CC(C)(C)N(CCC(=O)Nc1ccc(S(N)(=O)=O)cc1)Cc1ccccc1. The zero-order valence-corrected chi connectivity index (χ0v) is 16.8. The molecule has 2 aromatic rings. The summed E-state index contributed by atoms with van der Waals surface area (Å²) in [6.07, 6.45) is 0.334. The van der Waals surface area contributed by atoms with Crippen LogP contribution >= 0.6 is 0 Å². The fourth-order valence-corrected chi connectivity index (χ4v) is 3.16. The van der Waals surface area contributed by atoms with Crippen LogP contribution in [0, 0.1) is 0 Å². The molecule has 1 amide bonds. The van der Waals surface area contributed by atoms with E-state index in [2.05, 4.69) is 43.1 Å². The summed E-state index contributed by atoms with van der Waals surface area (Å²) in [6.45, 7) is 7.75. The van der Waals surface area contributed by atoms with Crippen molar-refractivity contribution in [1.29, 1.82) is 0 Å². The molecule has 2 aromatic carbocycles. The quantitative estimate of drug-likeness (QED) is 0.761. The van der Waals surface area contributed by atoms with Gasteiger partial charge in [-0.1, -0.05) is 30.3 Å². The van der Waals surface area contributed by atoms with Crippen LogP contribution in [0.15, 0.2) is 59.5 Å². The first-order chi connectivity index (χ1) is 12.6. The van der Waals surface area contributed by atoms with Crippen molar-refractivity contribution in [3.8, 4) is 0 Å². The van der Waals surface area contributed by atoms with E-state index in [-0.39, 0.29) is 16.3 Å². The first-order valence-electron chi connectivity index (χ1n) is 8.77. The summed E-state index contributed by atoms with van der Waals surface area (Å²) in [5, 5.41) is 7.86. The van der Waals surface area contributed by atoms with Crippen molar-refractivity contribution in [3.05, 3.63) is 60.2 Å². The van der Waals surface area contributed by atoms with Gasteiger partial charge in [0, 0.05) is 30.7 Å². The summed E-state index contributed by atoms with van der Waals surface area (Å²) in [5.74, 6) is -0.124. The van der Waals surface area contributed by atoms with Crippen molar-refractivity contribution in [2.24, 2.45) is 5.14 Å².